The van der Waals surface area contributed by atoms with Gasteiger partial charge in [-0.3, -0.25) is 0 Å². The van der Waals surface area contributed by atoms with Gasteiger partial charge in [0.05, 0.1) is 0 Å². The minimum absolute atomic E-state index is 0.152. The van der Waals surface area contributed by atoms with Crippen LogP contribution in [0, 0.1) is 27.7 Å². The molecule has 2 rings (SSSR count). The number of rotatable bonds is 1. The van der Waals surface area contributed by atoms with Gasteiger partial charge in [-0.25, -0.2) is 0 Å². The van der Waals surface area contributed by atoms with Crippen LogP contribution in [0.1, 0.15) is 22.3 Å². The van der Waals surface area contributed by atoms with Crippen molar-refractivity contribution >= 4 is 63.7 Å². The lowest BCUT2D eigenvalue weighted by molar-refractivity contribution is 0.463. The predicted octanol–water partition coefficient (Wildman–Crippen LogP) is 7.05. The summed E-state index contributed by atoms with van der Waals surface area (Å²) in [5.74, 6) is 0.303. The fourth-order valence-electron chi connectivity index (χ4n) is 2.27. The van der Waals surface area contributed by atoms with E-state index >= 15 is 0 Å². The second-order valence-corrected chi connectivity index (χ2v) is 8.38. The first-order valence-corrected chi connectivity index (χ1v) is 9.63. The van der Waals surface area contributed by atoms with E-state index in [-0.39, 0.29) is 11.5 Å². The minimum Gasteiger partial charge on any atom is -0.507 e. The Kier molecular flexibility index (Phi) is 5.37. The molecule has 0 amide bonds. The van der Waals surface area contributed by atoms with Gasteiger partial charge in [-0.05, 0) is 114 Å². The molecule has 6 heteroatoms. The first-order valence-electron chi connectivity index (χ1n) is 6.45. The van der Waals surface area contributed by atoms with E-state index in [2.05, 4.69) is 63.7 Å². The lowest BCUT2D eigenvalue weighted by atomic mass is 9.95. The van der Waals surface area contributed by atoms with Gasteiger partial charge in [-0.1, -0.05) is 0 Å². The first-order chi connectivity index (χ1) is 10.1. The normalized spacial score (nSPS) is 11.1. The molecule has 2 N–H and O–H groups in total. The summed E-state index contributed by atoms with van der Waals surface area (Å²) in [6, 6.07) is 0. The van der Waals surface area contributed by atoms with Gasteiger partial charge >= 0.3 is 0 Å². The highest BCUT2D eigenvalue weighted by Gasteiger charge is 2.25. The molecule has 0 saturated heterocycles. The van der Waals surface area contributed by atoms with Crippen molar-refractivity contribution in [1.82, 2.24) is 0 Å². The zero-order valence-corrected chi connectivity index (χ0v) is 18.8. The average molecular weight is 558 g/mol. The van der Waals surface area contributed by atoms with E-state index in [1.54, 1.807) is 0 Å². The number of benzene rings is 2. The summed E-state index contributed by atoms with van der Waals surface area (Å²) >= 11 is 14.2. The van der Waals surface area contributed by atoms with Crippen LogP contribution in [-0.4, -0.2) is 10.2 Å². The predicted molar refractivity (Wildman–Crippen MR) is 105 cm³/mol. The van der Waals surface area contributed by atoms with Gasteiger partial charge in [0.15, 0.2) is 0 Å². The number of hydrogen-bond donors (Lipinski definition) is 2. The molecule has 118 valence electrons. The van der Waals surface area contributed by atoms with Crippen LogP contribution in [-0.2, 0) is 0 Å². The Labute approximate surface area is 163 Å². The zero-order valence-electron chi connectivity index (χ0n) is 12.4. The smallest absolute Gasteiger partial charge is 0.127 e. The monoisotopic (exact) mass is 554 g/mol. The van der Waals surface area contributed by atoms with Crippen LogP contribution < -0.4 is 0 Å². The molecule has 0 aliphatic heterocycles. The number of halogens is 4. The molecule has 0 aromatic heterocycles. The summed E-state index contributed by atoms with van der Waals surface area (Å²) in [7, 11) is 0. The van der Waals surface area contributed by atoms with Gasteiger partial charge in [0.2, 0.25) is 0 Å². The average Bonchev–Trinajstić information content (AvgIpc) is 2.50. The van der Waals surface area contributed by atoms with Crippen molar-refractivity contribution in [3.63, 3.8) is 0 Å². The Morgan fingerprint density at radius 2 is 0.773 bits per heavy atom. The zero-order chi connectivity index (χ0) is 16.9. The molecular formula is C16H14Br4O2. The third kappa shape index (κ3) is 2.66. The molecule has 0 aliphatic rings. The molecule has 0 spiro atoms. The van der Waals surface area contributed by atoms with Crippen LogP contribution in [0.5, 0.6) is 11.5 Å². The molecule has 0 aliphatic carbocycles. The van der Waals surface area contributed by atoms with Crippen molar-refractivity contribution in [2.45, 2.75) is 27.7 Å². The number of phenolic OH excluding ortho intramolecular Hbond substituents is 2. The number of aromatic hydroxyl groups is 2. The summed E-state index contributed by atoms with van der Waals surface area (Å²) in [6.45, 7) is 7.57. The number of hydrogen-bond acceptors (Lipinski definition) is 2. The second-order valence-electron chi connectivity index (χ2n) is 5.20. The molecule has 0 fully saturated rings. The van der Waals surface area contributed by atoms with Crippen LogP contribution >= 0.6 is 63.7 Å². The summed E-state index contributed by atoms with van der Waals surface area (Å²) in [5.41, 5.74) is 4.56. The van der Waals surface area contributed by atoms with Gasteiger partial charge in [-0.15, -0.1) is 0 Å². The number of phenols is 2. The fraction of sp³-hybridized carbons (Fsp3) is 0.250. The molecular weight excluding hydrogens is 544 g/mol. The molecule has 0 bridgehead atoms. The highest BCUT2D eigenvalue weighted by Crippen LogP contribution is 2.52. The third-order valence-electron chi connectivity index (χ3n) is 4.04. The molecule has 0 radical (unpaired) electrons. The van der Waals surface area contributed by atoms with Crippen molar-refractivity contribution < 1.29 is 10.2 Å². The van der Waals surface area contributed by atoms with E-state index < -0.39 is 0 Å². The van der Waals surface area contributed by atoms with Crippen molar-refractivity contribution in [3.8, 4) is 22.6 Å². The molecule has 2 aromatic rings. The Morgan fingerprint density at radius 3 is 1.05 bits per heavy atom. The topological polar surface area (TPSA) is 40.5 Å². The van der Waals surface area contributed by atoms with Gasteiger partial charge in [0, 0.05) is 29.0 Å². The largest absolute Gasteiger partial charge is 0.507 e. The maximum atomic E-state index is 10.6. The van der Waals surface area contributed by atoms with E-state index in [1.807, 2.05) is 27.7 Å². The Hall–Kier alpha value is -0.0400. The van der Waals surface area contributed by atoms with Crippen molar-refractivity contribution in [3.05, 3.63) is 40.1 Å². The van der Waals surface area contributed by atoms with E-state index in [4.69, 9.17) is 0 Å². The standard InChI is InChI=1S/C16H14Br4O2/c1-5-7(3)15(21)9(13(19)11(5)17)10-14(20)12(18)6(2)8(4)16(10)22/h21-22H,1-4H3. The fourth-order valence-corrected chi connectivity index (χ4v) is 4.63. The molecule has 0 atom stereocenters. The molecule has 2 nitrogen and oxygen atoms in total. The molecule has 22 heavy (non-hydrogen) atoms. The van der Waals surface area contributed by atoms with Crippen LogP contribution in [0.3, 0.4) is 0 Å². The quantitative estimate of drug-likeness (QED) is 0.394. The van der Waals surface area contributed by atoms with Gasteiger partial charge < -0.3 is 10.2 Å². The maximum Gasteiger partial charge on any atom is 0.127 e. The Bertz CT molecular complexity index is 672. The molecule has 0 saturated carbocycles. The summed E-state index contributed by atoms with van der Waals surface area (Å²) in [4.78, 5) is 0. The SMILES string of the molecule is Cc1c(C)c(Br)c(Br)c(-c2c(O)c(C)c(C)c(Br)c2Br)c1O. The van der Waals surface area contributed by atoms with Crippen molar-refractivity contribution in [2.24, 2.45) is 0 Å². The van der Waals surface area contributed by atoms with E-state index in [1.165, 1.54) is 0 Å². The third-order valence-corrected chi connectivity index (χ3v) is 8.67. The Morgan fingerprint density at radius 1 is 0.500 bits per heavy atom. The van der Waals surface area contributed by atoms with Crippen LogP contribution in [0.4, 0.5) is 0 Å². The van der Waals surface area contributed by atoms with Crippen molar-refractivity contribution in [1.29, 1.82) is 0 Å². The highest BCUT2D eigenvalue weighted by molar-refractivity contribution is 9.13. The van der Waals surface area contributed by atoms with Gasteiger partial charge in [-0.2, -0.15) is 0 Å². The van der Waals surface area contributed by atoms with Crippen LogP contribution in [0.25, 0.3) is 11.1 Å². The molecule has 2 aromatic carbocycles. The Balaban J connectivity index is 3.03. The lowest BCUT2D eigenvalue weighted by Crippen LogP contribution is -1.96. The van der Waals surface area contributed by atoms with E-state index in [0.717, 1.165) is 31.2 Å². The molecule has 0 heterocycles. The summed E-state index contributed by atoms with van der Waals surface area (Å²) in [5, 5.41) is 21.3. The lowest BCUT2D eigenvalue weighted by Gasteiger charge is -2.20. The van der Waals surface area contributed by atoms with Crippen LogP contribution in [0.2, 0.25) is 0 Å². The maximum absolute atomic E-state index is 10.6. The summed E-state index contributed by atoms with van der Waals surface area (Å²) in [6.07, 6.45) is 0. The minimum atomic E-state index is 0.152. The van der Waals surface area contributed by atoms with Gasteiger partial charge in [0.25, 0.3) is 0 Å². The van der Waals surface area contributed by atoms with E-state index in [0.29, 0.717) is 20.1 Å². The van der Waals surface area contributed by atoms with Gasteiger partial charge in [0.1, 0.15) is 11.5 Å². The molecule has 0 unspecified atom stereocenters. The van der Waals surface area contributed by atoms with E-state index in [9.17, 15) is 10.2 Å². The van der Waals surface area contributed by atoms with Crippen LogP contribution in [0.15, 0.2) is 17.9 Å². The second kappa shape index (κ2) is 6.46. The summed E-state index contributed by atoms with van der Waals surface area (Å²) < 4.78 is 3.13. The highest BCUT2D eigenvalue weighted by atomic mass is 79.9. The first kappa shape index (κ1) is 18.3. The van der Waals surface area contributed by atoms with Crippen molar-refractivity contribution in [2.75, 3.05) is 0 Å².